The van der Waals surface area contributed by atoms with Gasteiger partial charge in [-0.1, -0.05) is 0 Å². The Morgan fingerprint density at radius 1 is 1.32 bits per heavy atom. The van der Waals surface area contributed by atoms with Crippen LogP contribution in [-0.4, -0.2) is 49.6 Å². The van der Waals surface area contributed by atoms with E-state index in [0.717, 1.165) is 11.4 Å². The Kier molecular flexibility index (Phi) is 5.25. The first kappa shape index (κ1) is 16.1. The van der Waals surface area contributed by atoms with E-state index in [1.165, 1.54) is 0 Å². The summed E-state index contributed by atoms with van der Waals surface area (Å²) in [5.41, 5.74) is 0.824. The van der Waals surface area contributed by atoms with E-state index >= 15 is 0 Å². The molecule has 6 nitrogen and oxygen atoms in total. The zero-order valence-corrected chi connectivity index (χ0v) is 13.3. The summed E-state index contributed by atoms with van der Waals surface area (Å²) in [6.07, 6.45) is 0.332. The largest absolute Gasteiger partial charge is 0.497 e. The summed E-state index contributed by atoms with van der Waals surface area (Å²) in [5, 5.41) is 2.93. The lowest BCUT2D eigenvalue weighted by atomic mass is 10.2. The summed E-state index contributed by atoms with van der Waals surface area (Å²) >= 11 is 0. The van der Waals surface area contributed by atoms with Gasteiger partial charge in [0.1, 0.15) is 5.75 Å². The molecule has 0 radical (unpaired) electrons. The number of benzene rings is 1. The molecule has 0 spiro atoms. The Morgan fingerprint density at radius 2 is 1.95 bits per heavy atom. The van der Waals surface area contributed by atoms with Gasteiger partial charge in [0.2, 0.25) is 5.91 Å². The van der Waals surface area contributed by atoms with Gasteiger partial charge in [-0.2, -0.15) is 0 Å². The maximum absolute atomic E-state index is 12.2. The van der Waals surface area contributed by atoms with E-state index in [4.69, 9.17) is 4.74 Å². The SMILES string of the molecule is CCN(CC)C(=O)N[C@@H]1CC(=O)N(c2ccc(OC)cc2)C1. The third-order valence-corrected chi connectivity index (χ3v) is 3.89. The quantitative estimate of drug-likeness (QED) is 0.903. The second-order valence-electron chi connectivity index (χ2n) is 5.23. The molecule has 3 amide bonds. The molecule has 1 heterocycles. The lowest BCUT2D eigenvalue weighted by Crippen LogP contribution is -2.45. The highest BCUT2D eigenvalue weighted by atomic mass is 16.5. The molecule has 120 valence electrons. The van der Waals surface area contributed by atoms with Gasteiger partial charge >= 0.3 is 6.03 Å². The summed E-state index contributed by atoms with van der Waals surface area (Å²) in [4.78, 5) is 27.6. The molecule has 0 unspecified atom stereocenters. The Hall–Kier alpha value is -2.24. The number of methoxy groups -OCH3 is 1. The first-order valence-electron chi connectivity index (χ1n) is 7.58. The third-order valence-electron chi connectivity index (χ3n) is 3.89. The minimum absolute atomic E-state index is 0.0232. The minimum Gasteiger partial charge on any atom is -0.497 e. The molecule has 1 N–H and O–H groups in total. The second-order valence-corrected chi connectivity index (χ2v) is 5.23. The zero-order chi connectivity index (χ0) is 16.1. The fourth-order valence-corrected chi connectivity index (χ4v) is 2.59. The normalized spacial score (nSPS) is 17.5. The van der Waals surface area contributed by atoms with Crippen LogP contribution in [-0.2, 0) is 4.79 Å². The maximum atomic E-state index is 12.2. The number of anilines is 1. The molecule has 1 aromatic rings. The van der Waals surface area contributed by atoms with Crippen molar-refractivity contribution >= 4 is 17.6 Å². The van der Waals surface area contributed by atoms with Crippen LogP contribution in [0.1, 0.15) is 20.3 Å². The van der Waals surface area contributed by atoms with Crippen molar-refractivity contribution < 1.29 is 14.3 Å². The van der Waals surface area contributed by atoms with Crippen LogP contribution in [0.3, 0.4) is 0 Å². The standard InChI is InChI=1S/C16H23N3O3/c1-4-18(5-2)16(21)17-12-10-15(20)19(11-12)13-6-8-14(22-3)9-7-13/h6-9,12H,4-5,10-11H2,1-3H3,(H,17,21)/t12-/m1/s1. The van der Waals surface area contributed by atoms with Crippen molar-refractivity contribution in [1.29, 1.82) is 0 Å². The van der Waals surface area contributed by atoms with Crippen molar-refractivity contribution in [2.75, 3.05) is 31.6 Å². The first-order valence-corrected chi connectivity index (χ1v) is 7.58. The van der Waals surface area contributed by atoms with Crippen molar-refractivity contribution in [1.82, 2.24) is 10.2 Å². The highest BCUT2D eigenvalue weighted by Gasteiger charge is 2.32. The molecule has 22 heavy (non-hydrogen) atoms. The minimum atomic E-state index is -0.150. The summed E-state index contributed by atoms with van der Waals surface area (Å²) in [6, 6.07) is 7.09. The summed E-state index contributed by atoms with van der Waals surface area (Å²) in [5.74, 6) is 0.775. The Balaban J connectivity index is 1.99. The van der Waals surface area contributed by atoms with E-state index in [9.17, 15) is 9.59 Å². The zero-order valence-electron chi connectivity index (χ0n) is 13.3. The Labute approximate surface area is 131 Å². The molecule has 1 fully saturated rings. The summed E-state index contributed by atoms with van der Waals surface area (Å²) in [7, 11) is 1.61. The highest BCUT2D eigenvalue weighted by Crippen LogP contribution is 2.24. The molecule has 1 aromatic carbocycles. The number of hydrogen-bond acceptors (Lipinski definition) is 3. The number of amides is 3. The van der Waals surface area contributed by atoms with Crippen molar-refractivity contribution in [3.63, 3.8) is 0 Å². The number of carbonyl (C=O) groups is 2. The van der Waals surface area contributed by atoms with E-state index in [-0.39, 0.29) is 18.0 Å². The van der Waals surface area contributed by atoms with Crippen LogP contribution in [0.15, 0.2) is 24.3 Å². The number of urea groups is 1. The van der Waals surface area contributed by atoms with Crippen LogP contribution in [0.25, 0.3) is 0 Å². The van der Waals surface area contributed by atoms with Gasteiger partial charge in [0.05, 0.1) is 13.2 Å². The van der Waals surface area contributed by atoms with Gasteiger partial charge in [-0.3, -0.25) is 4.79 Å². The van der Waals surface area contributed by atoms with Gasteiger partial charge in [-0.05, 0) is 38.1 Å². The Morgan fingerprint density at radius 3 is 2.50 bits per heavy atom. The number of hydrogen-bond donors (Lipinski definition) is 1. The lowest BCUT2D eigenvalue weighted by molar-refractivity contribution is -0.117. The Bertz CT molecular complexity index is 526. The van der Waals surface area contributed by atoms with E-state index < -0.39 is 0 Å². The molecule has 0 aromatic heterocycles. The third kappa shape index (κ3) is 3.50. The number of nitrogens with zero attached hydrogens (tertiary/aromatic N) is 2. The van der Waals surface area contributed by atoms with Crippen LogP contribution in [0.2, 0.25) is 0 Å². The molecular formula is C16H23N3O3. The van der Waals surface area contributed by atoms with Gasteiger partial charge < -0.3 is 19.9 Å². The van der Waals surface area contributed by atoms with Gasteiger partial charge in [-0.15, -0.1) is 0 Å². The molecule has 1 aliphatic heterocycles. The van der Waals surface area contributed by atoms with Crippen LogP contribution >= 0.6 is 0 Å². The summed E-state index contributed by atoms with van der Waals surface area (Å²) < 4.78 is 5.12. The number of rotatable bonds is 5. The van der Waals surface area contributed by atoms with Crippen LogP contribution < -0.4 is 15.0 Å². The van der Waals surface area contributed by atoms with E-state index in [1.54, 1.807) is 16.9 Å². The highest BCUT2D eigenvalue weighted by molar-refractivity contribution is 5.96. The average Bonchev–Trinajstić information content (AvgIpc) is 2.89. The topological polar surface area (TPSA) is 61.9 Å². The van der Waals surface area contributed by atoms with Crippen molar-refractivity contribution in [2.45, 2.75) is 26.3 Å². The molecule has 2 rings (SSSR count). The van der Waals surface area contributed by atoms with E-state index in [2.05, 4.69) is 5.32 Å². The van der Waals surface area contributed by atoms with E-state index in [1.807, 2.05) is 38.1 Å². The van der Waals surface area contributed by atoms with Crippen molar-refractivity contribution in [3.05, 3.63) is 24.3 Å². The van der Waals surface area contributed by atoms with E-state index in [0.29, 0.717) is 26.1 Å². The molecule has 0 bridgehead atoms. The lowest BCUT2D eigenvalue weighted by Gasteiger charge is -2.22. The van der Waals surface area contributed by atoms with Crippen molar-refractivity contribution in [2.24, 2.45) is 0 Å². The first-order chi connectivity index (χ1) is 10.6. The molecule has 1 saturated heterocycles. The van der Waals surface area contributed by atoms with Gasteiger partial charge in [0.25, 0.3) is 0 Å². The predicted octanol–water partition coefficient (Wildman–Crippen LogP) is 1.85. The second kappa shape index (κ2) is 7.15. The average molecular weight is 305 g/mol. The molecule has 6 heteroatoms. The molecule has 1 aliphatic rings. The van der Waals surface area contributed by atoms with Crippen LogP contribution in [0.4, 0.5) is 10.5 Å². The predicted molar refractivity (Wildman–Crippen MR) is 85.2 cm³/mol. The number of ether oxygens (including phenoxy) is 1. The van der Waals surface area contributed by atoms with Crippen LogP contribution in [0, 0.1) is 0 Å². The van der Waals surface area contributed by atoms with Crippen LogP contribution in [0.5, 0.6) is 5.75 Å². The maximum Gasteiger partial charge on any atom is 0.317 e. The molecular weight excluding hydrogens is 282 g/mol. The monoisotopic (exact) mass is 305 g/mol. The summed E-state index contributed by atoms with van der Waals surface area (Å²) in [6.45, 7) is 5.69. The number of nitrogens with one attached hydrogen (secondary N) is 1. The molecule has 0 saturated carbocycles. The fraction of sp³-hybridized carbons (Fsp3) is 0.500. The van der Waals surface area contributed by atoms with Crippen molar-refractivity contribution in [3.8, 4) is 5.75 Å². The van der Waals surface area contributed by atoms with Gasteiger partial charge in [-0.25, -0.2) is 4.79 Å². The van der Waals surface area contributed by atoms with Gasteiger partial charge in [0, 0.05) is 31.7 Å². The fourth-order valence-electron chi connectivity index (χ4n) is 2.59. The van der Waals surface area contributed by atoms with Gasteiger partial charge in [0.15, 0.2) is 0 Å². The molecule has 0 aliphatic carbocycles. The number of carbonyl (C=O) groups excluding carboxylic acids is 2. The molecule has 1 atom stereocenters. The smallest absolute Gasteiger partial charge is 0.317 e.